The van der Waals surface area contributed by atoms with E-state index in [-0.39, 0.29) is 29.5 Å². The summed E-state index contributed by atoms with van der Waals surface area (Å²) >= 11 is 6.14. The molecule has 2 aliphatic rings. The van der Waals surface area contributed by atoms with E-state index >= 15 is 0 Å². The molecule has 0 unspecified atom stereocenters. The molecule has 1 aromatic carbocycles. The molecule has 2 saturated heterocycles. The lowest BCUT2D eigenvalue weighted by Gasteiger charge is -2.35. The fourth-order valence-corrected chi connectivity index (χ4v) is 3.70. The Bertz CT molecular complexity index is 804. The van der Waals surface area contributed by atoms with Gasteiger partial charge in [-0.1, -0.05) is 23.7 Å². The number of rotatable bonds is 2. The van der Waals surface area contributed by atoms with Gasteiger partial charge in [-0.05, 0) is 25.0 Å². The summed E-state index contributed by atoms with van der Waals surface area (Å²) in [6.07, 6.45) is 2.99. The van der Waals surface area contributed by atoms with Gasteiger partial charge in [0.05, 0.1) is 22.5 Å². The number of halogens is 1. The number of hydrogen-bond acceptors (Lipinski definition) is 4. The summed E-state index contributed by atoms with van der Waals surface area (Å²) in [7, 11) is 0. The van der Waals surface area contributed by atoms with Crippen molar-refractivity contribution in [3.63, 3.8) is 0 Å². The molecule has 0 bridgehead atoms. The second-order valence-electron chi connectivity index (χ2n) is 6.08. The Hall–Kier alpha value is -2.34. The lowest BCUT2D eigenvalue weighted by molar-refractivity contribution is -0.123. The number of carbonyl (C=O) groups excluding carboxylic acids is 2. The van der Waals surface area contributed by atoms with Crippen LogP contribution in [0.2, 0.25) is 5.02 Å². The highest BCUT2D eigenvalue weighted by Gasteiger charge is 2.43. The topological polar surface area (TPSA) is 75.4 Å². The van der Waals surface area contributed by atoms with Gasteiger partial charge in [0.2, 0.25) is 11.8 Å². The summed E-state index contributed by atoms with van der Waals surface area (Å²) in [5.41, 5.74) is 0.886. The highest BCUT2D eigenvalue weighted by Crippen LogP contribution is 2.30. The molecule has 2 atom stereocenters. The van der Waals surface area contributed by atoms with Crippen molar-refractivity contribution in [2.75, 3.05) is 13.1 Å². The molecule has 1 aromatic heterocycles. The van der Waals surface area contributed by atoms with E-state index in [0.29, 0.717) is 29.6 Å². The number of carbonyl (C=O) groups is 2. The molecular formula is C17H16ClN3O3. The Balaban J connectivity index is 1.59. The van der Waals surface area contributed by atoms with E-state index in [0.717, 1.165) is 12.8 Å². The van der Waals surface area contributed by atoms with E-state index in [1.807, 2.05) is 12.1 Å². The van der Waals surface area contributed by atoms with Crippen LogP contribution < -0.4 is 5.32 Å². The van der Waals surface area contributed by atoms with Crippen LogP contribution in [0.3, 0.4) is 0 Å². The highest BCUT2D eigenvalue weighted by molar-refractivity contribution is 6.33. The number of amides is 2. The number of fused-ring (bicyclic) bond motifs is 1. The second kappa shape index (κ2) is 5.94. The summed E-state index contributed by atoms with van der Waals surface area (Å²) < 4.78 is 5.45. The molecule has 2 aliphatic heterocycles. The first kappa shape index (κ1) is 15.2. The highest BCUT2D eigenvalue weighted by atomic mass is 35.5. The van der Waals surface area contributed by atoms with Crippen molar-refractivity contribution in [1.82, 2.24) is 15.2 Å². The van der Waals surface area contributed by atoms with Gasteiger partial charge in [-0.15, -0.1) is 0 Å². The predicted octanol–water partition coefficient (Wildman–Crippen LogP) is 2.35. The maximum Gasteiger partial charge on any atom is 0.276 e. The minimum atomic E-state index is -0.205. The summed E-state index contributed by atoms with van der Waals surface area (Å²) in [5, 5.41) is 3.36. The van der Waals surface area contributed by atoms with Crippen LogP contribution in [0.4, 0.5) is 0 Å². The first-order chi connectivity index (χ1) is 11.6. The monoisotopic (exact) mass is 345 g/mol. The van der Waals surface area contributed by atoms with E-state index in [1.54, 1.807) is 17.0 Å². The number of oxazole rings is 1. The standard InChI is InChI=1S/C17H16ClN3O3/c18-12-6-2-1-4-10(12)16-20-13(9-24-16)17(23)21-7-3-5-11-14(21)8-19-15(11)22/h1-2,4,6,9,11,14H,3,5,7-8H2,(H,19,22)/t11-,14-/m1/s1. The third-order valence-corrected chi connectivity index (χ3v) is 5.02. The lowest BCUT2D eigenvalue weighted by atomic mass is 9.91. The van der Waals surface area contributed by atoms with Crippen molar-refractivity contribution in [3.8, 4) is 11.5 Å². The summed E-state index contributed by atoms with van der Waals surface area (Å²) in [5.74, 6) is 0.0356. The second-order valence-corrected chi connectivity index (χ2v) is 6.48. The third-order valence-electron chi connectivity index (χ3n) is 4.69. The van der Waals surface area contributed by atoms with Crippen molar-refractivity contribution in [1.29, 1.82) is 0 Å². The van der Waals surface area contributed by atoms with Gasteiger partial charge in [0.25, 0.3) is 5.91 Å². The Morgan fingerprint density at radius 3 is 3.04 bits per heavy atom. The minimum absolute atomic E-state index is 0.0365. The van der Waals surface area contributed by atoms with E-state index in [2.05, 4.69) is 10.3 Å². The van der Waals surface area contributed by atoms with Gasteiger partial charge in [0.15, 0.2) is 5.69 Å². The number of piperidine rings is 1. The van der Waals surface area contributed by atoms with Crippen molar-refractivity contribution in [3.05, 3.63) is 41.2 Å². The maximum absolute atomic E-state index is 12.8. The SMILES string of the molecule is O=C1NC[C@@H]2[C@H]1CCCN2C(=O)c1coc(-c2ccccc2Cl)n1. The summed E-state index contributed by atoms with van der Waals surface area (Å²) in [4.78, 5) is 30.7. The molecule has 0 radical (unpaired) electrons. The van der Waals surface area contributed by atoms with Crippen molar-refractivity contribution >= 4 is 23.4 Å². The first-order valence-corrected chi connectivity index (χ1v) is 8.32. The molecule has 1 N–H and O–H groups in total. The van der Waals surface area contributed by atoms with Gasteiger partial charge >= 0.3 is 0 Å². The summed E-state index contributed by atoms with van der Waals surface area (Å²) in [6.45, 7) is 1.13. The van der Waals surface area contributed by atoms with Gasteiger partial charge in [-0.3, -0.25) is 9.59 Å². The van der Waals surface area contributed by atoms with Crippen molar-refractivity contribution in [2.24, 2.45) is 5.92 Å². The molecule has 0 spiro atoms. The van der Waals surface area contributed by atoms with Crippen LogP contribution in [-0.4, -0.2) is 40.8 Å². The Morgan fingerprint density at radius 2 is 2.21 bits per heavy atom. The summed E-state index contributed by atoms with van der Waals surface area (Å²) in [6, 6.07) is 7.09. The fourth-order valence-electron chi connectivity index (χ4n) is 3.48. The number of hydrogen-bond donors (Lipinski definition) is 1. The van der Waals surface area contributed by atoms with Crippen LogP contribution in [0.5, 0.6) is 0 Å². The number of benzene rings is 1. The van der Waals surface area contributed by atoms with Crippen LogP contribution in [-0.2, 0) is 4.79 Å². The zero-order valence-corrected chi connectivity index (χ0v) is 13.6. The molecule has 6 nitrogen and oxygen atoms in total. The molecular weight excluding hydrogens is 330 g/mol. The van der Waals surface area contributed by atoms with Gasteiger partial charge in [-0.2, -0.15) is 0 Å². The average molecular weight is 346 g/mol. The molecule has 0 saturated carbocycles. The molecule has 0 aliphatic carbocycles. The van der Waals surface area contributed by atoms with Crippen LogP contribution in [0.25, 0.3) is 11.5 Å². The smallest absolute Gasteiger partial charge is 0.276 e. The molecule has 2 aromatic rings. The van der Waals surface area contributed by atoms with Crippen molar-refractivity contribution in [2.45, 2.75) is 18.9 Å². The molecule has 3 heterocycles. The lowest BCUT2D eigenvalue weighted by Crippen LogP contribution is -2.48. The molecule has 2 amide bonds. The van der Waals surface area contributed by atoms with E-state index in [4.69, 9.17) is 16.0 Å². The van der Waals surface area contributed by atoms with Crippen LogP contribution in [0.15, 0.2) is 34.9 Å². The molecule has 124 valence electrons. The van der Waals surface area contributed by atoms with Crippen LogP contribution in [0, 0.1) is 5.92 Å². The average Bonchev–Trinajstić information content (AvgIpc) is 3.22. The van der Waals surface area contributed by atoms with E-state index < -0.39 is 0 Å². The Morgan fingerprint density at radius 1 is 1.38 bits per heavy atom. The third kappa shape index (κ3) is 2.47. The van der Waals surface area contributed by atoms with Crippen molar-refractivity contribution < 1.29 is 14.0 Å². The Labute approximate surface area is 143 Å². The van der Waals surface area contributed by atoms with E-state index in [1.165, 1.54) is 6.26 Å². The minimum Gasteiger partial charge on any atom is -0.444 e. The molecule has 4 rings (SSSR count). The maximum atomic E-state index is 12.8. The molecule has 24 heavy (non-hydrogen) atoms. The van der Waals surface area contributed by atoms with Gasteiger partial charge in [-0.25, -0.2) is 4.98 Å². The number of nitrogens with zero attached hydrogens (tertiary/aromatic N) is 2. The largest absolute Gasteiger partial charge is 0.444 e. The zero-order valence-electron chi connectivity index (χ0n) is 12.9. The normalized spacial score (nSPS) is 23.0. The molecule has 7 heteroatoms. The van der Waals surface area contributed by atoms with Gasteiger partial charge in [0.1, 0.15) is 6.26 Å². The Kier molecular flexibility index (Phi) is 3.76. The number of aromatic nitrogens is 1. The first-order valence-electron chi connectivity index (χ1n) is 7.94. The van der Waals surface area contributed by atoms with E-state index in [9.17, 15) is 9.59 Å². The molecule has 2 fully saturated rings. The van der Waals surface area contributed by atoms with Gasteiger partial charge in [0, 0.05) is 13.1 Å². The van der Waals surface area contributed by atoms with Crippen LogP contribution >= 0.6 is 11.6 Å². The van der Waals surface area contributed by atoms with Crippen LogP contribution in [0.1, 0.15) is 23.3 Å². The van der Waals surface area contributed by atoms with Gasteiger partial charge < -0.3 is 14.6 Å². The zero-order chi connectivity index (χ0) is 16.7. The number of nitrogens with one attached hydrogen (secondary N) is 1. The fraction of sp³-hybridized carbons (Fsp3) is 0.353. The number of likely N-dealkylation sites (tertiary alicyclic amines) is 1. The predicted molar refractivity (Wildman–Crippen MR) is 87.5 cm³/mol. The quantitative estimate of drug-likeness (QED) is 0.906.